The molecule has 2 amide bonds. The number of aromatic nitrogens is 2. The van der Waals surface area contributed by atoms with Crippen LogP contribution in [0.25, 0.3) is 10.9 Å². The third-order valence-corrected chi connectivity index (χ3v) is 3.96. The summed E-state index contributed by atoms with van der Waals surface area (Å²) in [6.45, 7) is 0.259. The summed E-state index contributed by atoms with van der Waals surface area (Å²) in [4.78, 5) is 26.2. The Balaban J connectivity index is 1.75. The predicted octanol–water partition coefficient (Wildman–Crippen LogP) is 2.37. The van der Waals surface area contributed by atoms with E-state index in [0.717, 1.165) is 16.5 Å². The minimum Gasteiger partial charge on any atom is -0.275 e. The molecule has 4 rings (SSSR count). The summed E-state index contributed by atoms with van der Waals surface area (Å²) >= 11 is 0. The summed E-state index contributed by atoms with van der Waals surface area (Å²) < 4.78 is 1.73. The van der Waals surface area contributed by atoms with E-state index in [-0.39, 0.29) is 18.4 Å². The SMILES string of the molecule is Cn1cc2c(CN3C(=O)c4ccccc4C3=O)cccc2n1. The highest BCUT2D eigenvalue weighted by Crippen LogP contribution is 2.26. The van der Waals surface area contributed by atoms with Crippen LogP contribution in [0.15, 0.2) is 48.7 Å². The van der Waals surface area contributed by atoms with Crippen molar-refractivity contribution < 1.29 is 9.59 Å². The molecule has 0 radical (unpaired) electrons. The number of fused-ring (bicyclic) bond motifs is 2. The van der Waals surface area contributed by atoms with Gasteiger partial charge < -0.3 is 0 Å². The van der Waals surface area contributed by atoms with E-state index in [4.69, 9.17) is 0 Å². The van der Waals surface area contributed by atoms with E-state index in [9.17, 15) is 9.59 Å². The third-order valence-electron chi connectivity index (χ3n) is 3.96. The number of imide groups is 1. The Morgan fingerprint density at radius 3 is 2.32 bits per heavy atom. The molecule has 0 saturated carbocycles. The van der Waals surface area contributed by atoms with Gasteiger partial charge in [-0.15, -0.1) is 0 Å². The van der Waals surface area contributed by atoms with Gasteiger partial charge in [-0.1, -0.05) is 24.3 Å². The maximum absolute atomic E-state index is 12.4. The van der Waals surface area contributed by atoms with Gasteiger partial charge in [0.15, 0.2) is 0 Å². The quantitative estimate of drug-likeness (QED) is 0.681. The zero-order valence-electron chi connectivity index (χ0n) is 12.0. The first-order valence-electron chi connectivity index (χ1n) is 7.01. The average molecular weight is 291 g/mol. The molecule has 5 nitrogen and oxygen atoms in total. The summed E-state index contributed by atoms with van der Waals surface area (Å²) in [5, 5.41) is 5.31. The zero-order chi connectivity index (χ0) is 15.3. The van der Waals surface area contributed by atoms with Crippen molar-refractivity contribution >= 4 is 22.7 Å². The van der Waals surface area contributed by atoms with Gasteiger partial charge >= 0.3 is 0 Å². The van der Waals surface area contributed by atoms with E-state index in [0.29, 0.717) is 11.1 Å². The Labute approximate surface area is 126 Å². The Morgan fingerprint density at radius 2 is 1.64 bits per heavy atom. The predicted molar refractivity (Wildman–Crippen MR) is 81.4 cm³/mol. The van der Waals surface area contributed by atoms with E-state index in [2.05, 4.69) is 5.10 Å². The van der Waals surface area contributed by atoms with Crippen LogP contribution >= 0.6 is 0 Å². The van der Waals surface area contributed by atoms with Crippen molar-refractivity contribution in [2.24, 2.45) is 7.05 Å². The summed E-state index contributed by atoms with van der Waals surface area (Å²) in [6.07, 6.45) is 1.91. The van der Waals surface area contributed by atoms with Gasteiger partial charge in [-0.25, -0.2) is 0 Å². The van der Waals surface area contributed by atoms with E-state index in [1.807, 2.05) is 31.4 Å². The van der Waals surface area contributed by atoms with Gasteiger partial charge in [0.2, 0.25) is 0 Å². The Kier molecular flexibility index (Phi) is 2.63. The van der Waals surface area contributed by atoms with Crippen LogP contribution in [0.2, 0.25) is 0 Å². The lowest BCUT2D eigenvalue weighted by atomic mass is 10.1. The van der Waals surface area contributed by atoms with Crippen molar-refractivity contribution in [3.05, 3.63) is 65.4 Å². The Morgan fingerprint density at radius 1 is 0.955 bits per heavy atom. The summed E-state index contributed by atoms with van der Waals surface area (Å²) in [5.41, 5.74) is 2.73. The smallest absolute Gasteiger partial charge is 0.261 e. The van der Waals surface area contributed by atoms with Crippen molar-refractivity contribution in [1.29, 1.82) is 0 Å². The molecule has 0 unspecified atom stereocenters. The van der Waals surface area contributed by atoms with Crippen LogP contribution in [-0.4, -0.2) is 26.5 Å². The first-order chi connectivity index (χ1) is 10.6. The molecule has 1 aliphatic heterocycles. The minimum absolute atomic E-state index is 0.235. The number of hydrogen-bond donors (Lipinski definition) is 0. The first kappa shape index (κ1) is 12.8. The molecule has 2 aromatic carbocycles. The highest BCUT2D eigenvalue weighted by atomic mass is 16.2. The molecule has 108 valence electrons. The molecule has 1 aromatic heterocycles. The summed E-state index contributed by atoms with van der Waals surface area (Å²) in [5.74, 6) is -0.469. The van der Waals surface area contributed by atoms with Crippen LogP contribution in [0.1, 0.15) is 26.3 Å². The molecule has 0 fully saturated rings. The van der Waals surface area contributed by atoms with Crippen LogP contribution < -0.4 is 0 Å². The lowest BCUT2D eigenvalue weighted by Gasteiger charge is -2.14. The number of nitrogens with zero attached hydrogens (tertiary/aromatic N) is 3. The molecule has 0 aliphatic carbocycles. The number of carbonyl (C=O) groups is 2. The maximum atomic E-state index is 12.4. The van der Waals surface area contributed by atoms with Crippen molar-refractivity contribution in [2.45, 2.75) is 6.54 Å². The van der Waals surface area contributed by atoms with Crippen LogP contribution in [0.4, 0.5) is 0 Å². The molecule has 0 saturated heterocycles. The fourth-order valence-electron chi connectivity index (χ4n) is 2.91. The lowest BCUT2D eigenvalue weighted by molar-refractivity contribution is 0.0643. The normalized spacial score (nSPS) is 14.0. The van der Waals surface area contributed by atoms with Crippen molar-refractivity contribution in [3.63, 3.8) is 0 Å². The highest BCUT2D eigenvalue weighted by Gasteiger charge is 2.35. The number of rotatable bonds is 2. The van der Waals surface area contributed by atoms with E-state index < -0.39 is 0 Å². The van der Waals surface area contributed by atoms with Gasteiger partial charge in [-0.2, -0.15) is 5.10 Å². The second-order valence-corrected chi connectivity index (χ2v) is 5.39. The van der Waals surface area contributed by atoms with Crippen LogP contribution in [0.5, 0.6) is 0 Å². The van der Waals surface area contributed by atoms with Crippen molar-refractivity contribution in [2.75, 3.05) is 0 Å². The van der Waals surface area contributed by atoms with Gasteiger partial charge in [0, 0.05) is 18.6 Å². The van der Waals surface area contributed by atoms with Gasteiger partial charge in [0.05, 0.1) is 23.2 Å². The molecule has 0 N–H and O–H groups in total. The molecule has 0 atom stereocenters. The van der Waals surface area contributed by atoms with Gasteiger partial charge in [0.1, 0.15) is 0 Å². The standard InChI is InChI=1S/C17H13N3O2/c1-19-10-14-11(5-4-8-15(14)18-19)9-20-16(21)12-6-2-3-7-13(12)17(20)22/h2-8,10H,9H2,1H3. The molecule has 2 heterocycles. The minimum atomic E-state index is -0.235. The largest absolute Gasteiger partial charge is 0.275 e. The van der Waals surface area contributed by atoms with Gasteiger partial charge in [0.25, 0.3) is 11.8 Å². The third kappa shape index (κ3) is 1.75. The van der Waals surface area contributed by atoms with Gasteiger partial charge in [-0.05, 0) is 23.8 Å². The Bertz CT molecular complexity index is 892. The first-order valence-corrected chi connectivity index (χ1v) is 7.01. The monoisotopic (exact) mass is 291 g/mol. The molecule has 3 aromatic rings. The number of carbonyl (C=O) groups excluding carboxylic acids is 2. The molecule has 0 bridgehead atoms. The van der Waals surface area contributed by atoms with Crippen LogP contribution in [0, 0.1) is 0 Å². The number of benzene rings is 2. The maximum Gasteiger partial charge on any atom is 0.261 e. The van der Waals surface area contributed by atoms with Crippen LogP contribution in [0.3, 0.4) is 0 Å². The fourth-order valence-corrected chi connectivity index (χ4v) is 2.91. The molecule has 22 heavy (non-hydrogen) atoms. The van der Waals surface area contributed by atoms with Gasteiger partial charge in [-0.3, -0.25) is 19.2 Å². The summed E-state index contributed by atoms with van der Waals surface area (Å²) in [7, 11) is 1.85. The Hall–Kier alpha value is -2.95. The van der Waals surface area contributed by atoms with Crippen LogP contribution in [-0.2, 0) is 13.6 Å². The molecule has 1 aliphatic rings. The average Bonchev–Trinajstić information content (AvgIpc) is 3.01. The van der Waals surface area contributed by atoms with E-state index >= 15 is 0 Å². The molecule has 5 heteroatoms. The molecular weight excluding hydrogens is 278 g/mol. The highest BCUT2D eigenvalue weighted by molar-refractivity contribution is 6.21. The van der Waals surface area contributed by atoms with Crippen molar-refractivity contribution in [1.82, 2.24) is 14.7 Å². The zero-order valence-corrected chi connectivity index (χ0v) is 12.0. The van der Waals surface area contributed by atoms with E-state index in [1.165, 1.54) is 4.90 Å². The second-order valence-electron chi connectivity index (χ2n) is 5.39. The fraction of sp³-hybridized carbons (Fsp3) is 0.118. The topological polar surface area (TPSA) is 55.2 Å². The number of hydrogen-bond acceptors (Lipinski definition) is 3. The second kappa shape index (κ2) is 4.53. The van der Waals surface area contributed by atoms with Crippen molar-refractivity contribution in [3.8, 4) is 0 Å². The number of amides is 2. The molecule has 0 spiro atoms. The number of aryl methyl sites for hydroxylation is 1. The van der Waals surface area contributed by atoms with E-state index in [1.54, 1.807) is 28.9 Å². The molecular formula is C17H13N3O2. The summed E-state index contributed by atoms with van der Waals surface area (Å²) in [6, 6.07) is 12.7. The lowest BCUT2D eigenvalue weighted by Crippen LogP contribution is -2.29.